The normalized spacial score (nSPS) is 20.0. The number of aliphatic hydroxyl groups is 1. The van der Waals surface area contributed by atoms with Crippen molar-refractivity contribution in [3.63, 3.8) is 0 Å². The van der Waals surface area contributed by atoms with Gasteiger partial charge in [-0.15, -0.1) is 0 Å². The molecular weight excluding hydrogens is 190 g/mol. The minimum absolute atomic E-state index is 0.135. The van der Waals surface area contributed by atoms with Gasteiger partial charge in [0, 0.05) is 20.2 Å². The number of ether oxygens (including phenoxy) is 1. The monoisotopic (exact) mass is 215 g/mol. The van der Waals surface area contributed by atoms with Crippen molar-refractivity contribution in [2.45, 2.75) is 38.7 Å². The highest BCUT2D eigenvalue weighted by Crippen LogP contribution is 2.27. The summed E-state index contributed by atoms with van der Waals surface area (Å²) in [5.41, 5.74) is 0. The molecule has 1 N–H and O–H groups in total. The molecule has 1 atom stereocenters. The van der Waals surface area contributed by atoms with Crippen molar-refractivity contribution in [2.24, 2.45) is 5.92 Å². The summed E-state index contributed by atoms with van der Waals surface area (Å²) in [6, 6.07) is 0. The van der Waals surface area contributed by atoms with Crippen molar-refractivity contribution in [2.75, 3.05) is 33.4 Å². The third-order valence-electron chi connectivity index (χ3n) is 3.45. The summed E-state index contributed by atoms with van der Waals surface area (Å²) in [4.78, 5) is 2.27. The van der Waals surface area contributed by atoms with Crippen LogP contribution >= 0.6 is 0 Å². The van der Waals surface area contributed by atoms with E-state index in [1.165, 1.54) is 25.7 Å². The van der Waals surface area contributed by atoms with Gasteiger partial charge in [0.1, 0.15) is 0 Å². The number of nitrogens with zero attached hydrogens (tertiary/aromatic N) is 1. The first-order chi connectivity index (χ1) is 7.27. The fraction of sp³-hybridized carbons (Fsp3) is 1.00. The molecule has 15 heavy (non-hydrogen) atoms. The van der Waals surface area contributed by atoms with Crippen LogP contribution < -0.4 is 0 Å². The summed E-state index contributed by atoms with van der Waals surface area (Å²) >= 11 is 0. The molecule has 1 unspecified atom stereocenters. The van der Waals surface area contributed by atoms with Crippen LogP contribution in [0.1, 0.15) is 32.6 Å². The van der Waals surface area contributed by atoms with Crippen LogP contribution in [-0.2, 0) is 4.74 Å². The Bertz CT molecular complexity index is 158. The predicted molar refractivity (Wildman–Crippen MR) is 62.0 cm³/mol. The zero-order valence-electron chi connectivity index (χ0n) is 10.1. The largest absolute Gasteiger partial charge is 0.392 e. The zero-order valence-corrected chi connectivity index (χ0v) is 10.1. The van der Waals surface area contributed by atoms with E-state index in [4.69, 9.17) is 4.74 Å². The molecule has 90 valence electrons. The number of rotatable bonds is 7. The van der Waals surface area contributed by atoms with E-state index in [0.717, 1.165) is 26.2 Å². The van der Waals surface area contributed by atoms with Crippen molar-refractivity contribution >= 4 is 0 Å². The van der Waals surface area contributed by atoms with E-state index in [-0.39, 0.29) is 6.10 Å². The third kappa shape index (κ3) is 4.49. The topological polar surface area (TPSA) is 32.7 Å². The maximum atomic E-state index is 10.1. The zero-order chi connectivity index (χ0) is 11.1. The van der Waals surface area contributed by atoms with Crippen LogP contribution in [0.4, 0.5) is 0 Å². The van der Waals surface area contributed by atoms with E-state index in [9.17, 15) is 5.11 Å². The van der Waals surface area contributed by atoms with Gasteiger partial charge in [0.15, 0.2) is 0 Å². The van der Waals surface area contributed by atoms with Crippen LogP contribution in [0.3, 0.4) is 0 Å². The summed E-state index contributed by atoms with van der Waals surface area (Å²) in [7, 11) is 1.72. The first-order valence-electron chi connectivity index (χ1n) is 6.17. The summed E-state index contributed by atoms with van der Waals surface area (Å²) in [5.74, 6) is 0.543. The van der Waals surface area contributed by atoms with E-state index in [1.807, 2.05) is 0 Å². The lowest BCUT2D eigenvalue weighted by Gasteiger charge is -2.26. The quantitative estimate of drug-likeness (QED) is 0.698. The molecule has 3 nitrogen and oxygen atoms in total. The average molecular weight is 215 g/mol. The smallest absolute Gasteiger partial charge is 0.0695 e. The van der Waals surface area contributed by atoms with Gasteiger partial charge in [0.25, 0.3) is 0 Å². The molecule has 0 saturated heterocycles. The molecule has 0 heterocycles. The van der Waals surface area contributed by atoms with Gasteiger partial charge in [-0.05, 0) is 25.3 Å². The van der Waals surface area contributed by atoms with Gasteiger partial charge in [-0.1, -0.05) is 19.8 Å². The van der Waals surface area contributed by atoms with E-state index >= 15 is 0 Å². The van der Waals surface area contributed by atoms with Gasteiger partial charge < -0.3 is 9.84 Å². The molecule has 0 aromatic heterocycles. The number of hydrogen-bond donors (Lipinski definition) is 1. The highest BCUT2D eigenvalue weighted by Gasteiger charge is 2.24. The molecule has 0 radical (unpaired) electrons. The van der Waals surface area contributed by atoms with Crippen LogP contribution in [0.25, 0.3) is 0 Å². The van der Waals surface area contributed by atoms with E-state index in [1.54, 1.807) is 7.11 Å². The van der Waals surface area contributed by atoms with Gasteiger partial charge in [0.2, 0.25) is 0 Å². The Morgan fingerprint density at radius 1 is 1.40 bits per heavy atom. The maximum absolute atomic E-state index is 10.1. The summed E-state index contributed by atoms with van der Waals surface area (Å²) in [6.07, 6.45) is 4.88. The first-order valence-corrected chi connectivity index (χ1v) is 6.17. The highest BCUT2D eigenvalue weighted by atomic mass is 16.5. The van der Waals surface area contributed by atoms with Crippen LogP contribution in [-0.4, -0.2) is 49.5 Å². The highest BCUT2D eigenvalue weighted by molar-refractivity contribution is 4.77. The van der Waals surface area contributed by atoms with E-state index < -0.39 is 0 Å². The third-order valence-corrected chi connectivity index (χ3v) is 3.45. The van der Waals surface area contributed by atoms with Gasteiger partial charge >= 0.3 is 0 Å². The molecule has 0 aromatic carbocycles. The Hall–Kier alpha value is -0.120. The van der Waals surface area contributed by atoms with Crippen molar-refractivity contribution < 1.29 is 9.84 Å². The van der Waals surface area contributed by atoms with Gasteiger partial charge in [-0.2, -0.15) is 0 Å². The number of aliphatic hydroxyl groups excluding tert-OH is 1. The van der Waals surface area contributed by atoms with Crippen LogP contribution in [0.5, 0.6) is 0 Å². The van der Waals surface area contributed by atoms with E-state index in [2.05, 4.69) is 11.8 Å². The second-order valence-corrected chi connectivity index (χ2v) is 4.50. The van der Waals surface area contributed by atoms with Crippen molar-refractivity contribution in [3.8, 4) is 0 Å². The maximum Gasteiger partial charge on any atom is 0.0695 e. The fourth-order valence-corrected chi connectivity index (χ4v) is 2.35. The molecular formula is C12H25NO2. The fourth-order valence-electron chi connectivity index (χ4n) is 2.35. The molecule has 1 aliphatic carbocycles. The first kappa shape index (κ1) is 12.9. The lowest BCUT2D eigenvalue weighted by Crippen LogP contribution is -2.37. The molecule has 0 bridgehead atoms. The SMILES string of the molecule is CCN(CCOC)CC(O)C1CCCC1. The molecule has 3 heteroatoms. The molecule has 0 aliphatic heterocycles. The molecule has 0 spiro atoms. The van der Waals surface area contributed by atoms with Crippen LogP contribution in [0.2, 0.25) is 0 Å². The number of hydrogen-bond acceptors (Lipinski definition) is 3. The van der Waals surface area contributed by atoms with Crippen LogP contribution in [0, 0.1) is 5.92 Å². The van der Waals surface area contributed by atoms with E-state index in [0.29, 0.717) is 5.92 Å². The minimum atomic E-state index is -0.135. The number of methoxy groups -OCH3 is 1. The Labute approximate surface area is 93.4 Å². The predicted octanol–water partition coefficient (Wildman–Crippen LogP) is 1.51. The van der Waals surface area contributed by atoms with Crippen LogP contribution in [0.15, 0.2) is 0 Å². The number of likely N-dealkylation sites (N-methyl/N-ethyl adjacent to an activating group) is 1. The average Bonchev–Trinajstić information content (AvgIpc) is 2.77. The molecule has 0 amide bonds. The standard InChI is InChI=1S/C12H25NO2/c1-3-13(8-9-15-2)10-12(14)11-6-4-5-7-11/h11-12,14H,3-10H2,1-2H3. The Morgan fingerprint density at radius 3 is 2.60 bits per heavy atom. The van der Waals surface area contributed by atoms with Crippen molar-refractivity contribution in [1.29, 1.82) is 0 Å². The second kappa shape index (κ2) is 7.20. The van der Waals surface area contributed by atoms with Crippen molar-refractivity contribution in [3.05, 3.63) is 0 Å². The Kier molecular flexibility index (Phi) is 6.22. The summed E-state index contributed by atoms with van der Waals surface area (Å²) in [6.45, 7) is 5.62. The molecule has 1 fully saturated rings. The summed E-state index contributed by atoms with van der Waals surface area (Å²) in [5, 5.41) is 10.1. The van der Waals surface area contributed by atoms with Gasteiger partial charge in [-0.3, -0.25) is 4.90 Å². The molecule has 1 aliphatic rings. The van der Waals surface area contributed by atoms with Crippen molar-refractivity contribution in [1.82, 2.24) is 4.90 Å². The second-order valence-electron chi connectivity index (χ2n) is 4.50. The molecule has 1 saturated carbocycles. The lowest BCUT2D eigenvalue weighted by molar-refractivity contribution is 0.0562. The Balaban J connectivity index is 2.23. The van der Waals surface area contributed by atoms with Gasteiger partial charge in [0.05, 0.1) is 12.7 Å². The minimum Gasteiger partial charge on any atom is -0.392 e. The summed E-state index contributed by atoms with van der Waals surface area (Å²) < 4.78 is 5.06. The van der Waals surface area contributed by atoms with Gasteiger partial charge in [-0.25, -0.2) is 0 Å². The molecule has 0 aromatic rings. The molecule has 1 rings (SSSR count). The lowest BCUT2D eigenvalue weighted by atomic mass is 10.0. The Morgan fingerprint density at radius 2 is 2.07 bits per heavy atom.